The predicted octanol–water partition coefficient (Wildman–Crippen LogP) is 3.10. The standard InChI is InChI=1S/C16H20N4/c1-10-15(17-3)18-11(2)19-16(10)20-14-9-13(14)12-7-5-4-6-8-12/h4-8,13-14H,9H2,1-3H3,(H2,17,18,19,20). The van der Waals surface area contributed by atoms with Crippen molar-refractivity contribution in [3.05, 3.63) is 47.3 Å². The Balaban J connectivity index is 1.76. The summed E-state index contributed by atoms with van der Waals surface area (Å²) in [4.78, 5) is 8.92. The van der Waals surface area contributed by atoms with Gasteiger partial charge in [0.25, 0.3) is 0 Å². The summed E-state index contributed by atoms with van der Waals surface area (Å²) in [5.41, 5.74) is 2.49. The molecule has 104 valence electrons. The van der Waals surface area contributed by atoms with Crippen LogP contribution in [0.25, 0.3) is 0 Å². The Labute approximate surface area is 119 Å². The molecule has 1 aromatic heterocycles. The van der Waals surface area contributed by atoms with Gasteiger partial charge in [-0.25, -0.2) is 9.97 Å². The number of hydrogen-bond donors (Lipinski definition) is 2. The fourth-order valence-electron chi connectivity index (χ4n) is 2.61. The monoisotopic (exact) mass is 268 g/mol. The van der Waals surface area contributed by atoms with Crippen LogP contribution < -0.4 is 10.6 Å². The number of rotatable bonds is 4. The molecule has 1 fully saturated rings. The SMILES string of the molecule is CNc1nc(C)nc(NC2CC2c2ccccc2)c1C. The summed E-state index contributed by atoms with van der Waals surface area (Å²) < 4.78 is 0. The van der Waals surface area contributed by atoms with Crippen molar-refractivity contribution in [3.63, 3.8) is 0 Å². The summed E-state index contributed by atoms with van der Waals surface area (Å²) >= 11 is 0. The molecule has 2 aromatic rings. The zero-order valence-electron chi connectivity index (χ0n) is 12.1. The highest BCUT2D eigenvalue weighted by Crippen LogP contribution is 2.43. The van der Waals surface area contributed by atoms with Gasteiger partial charge in [-0.1, -0.05) is 30.3 Å². The van der Waals surface area contributed by atoms with E-state index in [1.807, 2.05) is 20.9 Å². The Kier molecular flexibility index (Phi) is 3.30. The molecular weight excluding hydrogens is 248 g/mol. The van der Waals surface area contributed by atoms with E-state index in [-0.39, 0.29) is 0 Å². The lowest BCUT2D eigenvalue weighted by atomic mass is 10.1. The molecule has 20 heavy (non-hydrogen) atoms. The molecule has 0 bridgehead atoms. The van der Waals surface area contributed by atoms with Crippen LogP contribution in [-0.2, 0) is 0 Å². The van der Waals surface area contributed by atoms with E-state index in [0.717, 1.165) is 23.0 Å². The lowest BCUT2D eigenvalue weighted by Crippen LogP contribution is -2.11. The lowest BCUT2D eigenvalue weighted by Gasteiger charge is -2.12. The van der Waals surface area contributed by atoms with Crippen LogP contribution >= 0.6 is 0 Å². The maximum absolute atomic E-state index is 4.53. The number of hydrogen-bond acceptors (Lipinski definition) is 4. The van der Waals surface area contributed by atoms with Gasteiger partial charge in [0.1, 0.15) is 17.5 Å². The summed E-state index contributed by atoms with van der Waals surface area (Å²) in [7, 11) is 1.89. The second kappa shape index (κ2) is 5.12. The highest BCUT2D eigenvalue weighted by molar-refractivity contribution is 5.58. The van der Waals surface area contributed by atoms with Crippen molar-refractivity contribution in [2.24, 2.45) is 0 Å². The molecule has 4 nitrogen and oxygen atoms in total. The third-order valence-electron chi connectivity index (χ3n) is 3.83. The van der Waals surface area contributed by atoms with Crippen LogP contribution in [0, 0.1) is 13.8 Å². The zero-order chi connectivity index (χ0) is 14.1. The second-order valence-corrected chi connectivity index (χ2v) is 5.35. The molecule has 0 aliphatic heterocycles. The van der Waals surface area contributed by atoms with Gasteiger partial charge < -0.3 is 10.6 Å². The Morgan fingerprint density at radius 3 is 2.45 bits per heavy atom. The van der Waals surface area contributed by atoms with Crippen molar-refractivity contribution in [2.45, 2.75) is 32.2 Å². The van der Waals surface area contributed by atoms with Gasteiger partial charge >= 0.3 is 0 Å². The normalized spacial score (nSPS) is 20.6. The number of anilines is 2. The number of nitrogens with one attached hydrogen (secondary N) is 2. The number of aryl methyl sites for hydroxylation is 1. The van der Waals surface area contributed by atoms with Crippen molar-refractivity contribution in [1.29, 1.82) is 0 Å². The minimum atomic E-state index is 0.482. The van der Waals surface area contributed by atoms with Crippen LogP contribution in [0.4, 0.5) is 11.6 Å². The van der Waals surface area contributed by atoms with E-state index in [4.69, 9.17) is 0 Å². The molecule has 2 unspecified atom stereocenters. The third-order valence-corrected chi connectivity index (χ3v) is 3.83. The van der Waals surface area contributed by atoms with Crippen molar-refractivity contribution in [2.75, 3.05) is 17.7 Å². The van der Waals surface area contributed by atoms with Crippen LogP contribution in [0.2, 0.25) is 0 Å². The average molecular weight is 268 g/mol. The maximum Gasteiger partial charge on any atom is 0.135 e. The lowest BCUT2D eigenvalue weighted by molar-refractivity contribution is 0.981. The fraction of sp³-hybridized carbons (Fsp3) is 0.375. The Morgan fingerprint density at radius 1 is 1.05 bits per heavy atom. The fourth-order valence-corrected chi connectivity index (χ4v) is 2.61. The van der Waals surface area contributed by atoms with E-state index in [1.54, 1.807) is 0 Å². The maximum atomic E-state index is 4.53. The van der Waals surface area contributed by atoms with Crippen LogP contribution in [0.3, 0.4) is 0 Å². The van der Waals surface area contributed by atoms with Gasteiger partial charge in [0.05, 0.1) is 0 Å². The molecule has 1 aliphatic carbocycles. The van der Waals surface area contributed by atoms with Gasteiger partial charge in [0.2, 0.25) is 0 Å². The van der Waals surface area contributed by atoms with E-state index in [1.165, 1.54) is 12.0 Å². The second-order valence-electron chi connectivity index (χ2n) is 5.35. The van der Waals surface area contributed by atoms with Gasteiger partial charge in [-0.05, 0) is 25.8 Å². The number of nitrogens with zero attached hydrogens (tertiary/aromatic N) is 2. The van der Waals surface area contributed by atoms with Crippen molar-refractivity contribution < 1.29 is 0 Å². The molecule has 2 atom stereocenters. The zero-order valence-corrected chi connectivity index (χ0v) is 12.1. The highest BCUT2D eigenvalue weighted by Gasteiger charge is 2.38. The molecule has 0 saturated heterocycles. The topological polar surface area (TPSA) is 49.8 Å². The van der Waals surface area contributed by atoms with Gasteiger partial charge in [0.15, 0.2) is 0 Å². The molecule has 0 radical (unpaired) electrons. The molecule has 1 aliphatic rings. The molecule has 2 N–H and O–H groups in total. The first kappa shape index (κ1) is 12.9. The summed E-state index contributed by atoms with van der Waals surface area (Å²) in [5, 5.41) is 6.68. The van der Waals surface area contributed by atoms with Gasteiger partial charge in [-0.15, -0.1) is 0 Å². The summed E-state index contributed by atoms with van der Waals surface area (Å²) in [6.45, 7) is 3.97. The van der Waals surface area contributed by atoms with E-state index < -0.39 is 0 Å². The first-order valence-electron chi connectivity index (χ1n) is 7.03. The summed E-state index contributed by atoms with van der Waals surface area (Å²) in [6, 6.07) is 11.1. The van der Waals surface area contributed by atoms with Crippen LogP contribution in [-0.4, -0.2) is 23.1 Å². The van der Waals surface area contributed by atoms with E-state index in [2.05, 4.69) is 50.9 Å². The molecule has 1 aromatic carbocycles. The molecule has 1 saturated carbocycles. The number of aromatic nitrogens is 2. The van der Waals surface area contributed by atoms with E-state index in [0.29, 0.717) is 12.0 Å². The summed E-state index contributed by atoms with van der Waals surface area (Å²) in [6.07, 6.45) is 1.17. The van der Waals surface area contributed by atoms with Crippen molar-refractivity contribution in [1.82, 2.24) is 9.97 Å². The van der Waals surface area contributed by atoms with Crippen LogP contribution in [0.5, 0.6) is 0 Å². The van der Waals surface area contributed by atoms with Gasteiger partial charge in [0, 0.05) is 24.6 Å². The van der Waals surface area contributed by atoms with E-state index >= 15 is 0 Å². The minimum Gasteiger partial charge on any atom is -0.373 e. The molecular formula is C16H20N4. The average Bonchev–Trinajstić information content (AvgIpc) is 3.22. The summed E-state index contributed by atoms with van der Waals surface area (Å²) in [5.74, 6) is 3.24. The Morgan fingerprint density at radius 2 is 1.75 bits per heavy atom. The third kappa shape index (κ3) is 2.46. The Hall–Kier alpha value is -2.10. The van der Waals surface area contributed by atoms with Crippen LogP contribution in [0.1, 0.15) is 29.3 Å². The molecule has 0 spiro atoms. The predicted molar refractivity (Wildman–Crippen MR) is 82.3 cm³/mol. The smallest absolute Gasteiger partial charge is 0.135 e. The van der Waals surface area contributed by atoms with Crippen molar-refractivity contribution in [3.8, 4) is 0 Å². The highest BCUT2D eigenvalue weighted by atomic mass is 15.1. The first-order chi connectivity index (χ1) is 9.69. The minimum absolute atomic E-state index is 0.482. The molecule has 3 rings (SSSR count). The van der Waals surface area contributed by atoms with Gasteiger partial charge in [-0.3, -0.25) is 0 Å². The van der Waals surface area contributed by atoms with Gasteiger partial charge in [-0.2, -0.15) is 0 Å². The van der Waals surface area contributed by atoms with Crippen molar-refractivity contribution >= 4 is 11.6 Å². The quantitative estimate of drug-likeness (QED) is 0.894. The first-order valence-corrected chi connectivity index (χ1v) is 7.03. The Bertz CT molecular complexity index is 609. The molecule has 0 amide bonds. The molecule has 4 heteroatoms. The number of benzene rings is 1. The largest absolute Gasteiger partial charge is 0.373 e. The van der Waals surface area contributed by atoms with Crippen LogP contribution in [0.15, 0.2) is 30.3 Å². The van der Waals surface area contributed by atoms with E-state index in [9.17, 15) is 0 Å². The molecule has 1 heterocycles.